The standard InChI is InChI=1S/C19H21N5O2S/c1-2-3-4-16(10-20)26-12-17-23-24-19(27-17)22-18(25)14-5-6-15-11-21-8-7-13(15)9-14/h2-6,9-10,21H,1,7-8,11-12,20H2,(H,22,24,25)/b4-3-,16-10+. The highest BCUT2D eigenvalue weighted by molar-refractivity contribution is 7.15. The van der Waals surface area contributed by atoms with Crippen LogP contribution in [0, 0.1) is 0 Å². The maximum absolute atomic E-state index is 12.5. The molecule has 2 aromatic rings. The fraction of sp³-hybridized carbons (Fsp3) is 0.211. The van der Waals surface area contributed by atoms with Gasteiger partial charge in [-0.25, -0.2) is 0 Å². The molecule has 0 atom stereocenters. The van der Waals surface area contributed by atoms with Gasteiger partial charge in [-0.05, 0) is 42.3 Å². The number of nitrogens with two attached hydrogens (primary N) is 1. The largest absolute Gasteiger partial charge is 0.485 e. The van der Waals surface area contributed by atoms with E-state index in [2.05, 4.69) is 27.4 Å². The predicted octanol–water partition coefficient (Wildman–Crippen LogP) is 2.50. The van der Waals surface area contributed by atoms with Crippen molar-refractivity contribution in [3.8, 4) is 0 Å². The van der Waals surface area contributed by atoms with Gasteiger partial charge >= 0.3 is 0 Å². The lowest BCUT2D eigenvalue weighted by Gasteiger charge is -2.17. The first-order valence-corrected chi connectivity index (χ1v) is 9.31. The van der Waals surface area contributed by atoms with E-state index in [1.54, 1.807) is 18.2 Å². The van der Waals surface area contributed by atoms with Crippen LogP contribution in [0.25, 0.3) is 0 Å². The van der Waals surface area contributed by atoms with E-state index in [9.17, 15) is 4.79 Å². The zero-order valence-corrected chi connectivity index (χ0v) is 15.6. The number of nitrogens with one attached hydrogen (secondary N) is 2. The Balaban J connectivity index is 1.59. The molecule has 0 fully saturated rings. The average molecular weight is 383 g/mol. The number of benzene rings is 1. The number of allylic oxidation sites excluding steroid dienone is 3. The molecule has 7 nitrogen and oxygen atoms in total. The average Bonchev–Trinajstić information content (AvgIpc) is 3.15. The lowest BCUT2D eigenvalue weighted by Crippen LogP contribution is -2.24. The Kier molecular flexibility index (Phi) is 6.35. The van der Waals surface area contributed by atoms with Crippen LogP contribution in [0.3, 0.4) is 0 Å². The van der Waals surface area contributed by atoms with Crippen molar-refractivity contribution in [2.45, 2.75) is 19.6 Å². The van der Waals surface area contributed by atoms with Crippen LogP contribution in [0.15, 0.2) is 55.0 Å². The number of carbonyl (C=O) groups excluding carboxylic acids is 1. The van der Waals surface area contributed by atoms with Gasteiger partial charge in [0.25, 0.3) is 5.91 Å². The molecule has 1 aliphatic rings. The maximum atomic E-state index is 12.5. The van der Waals surface area contributed by atoms with E-state index in [-0.39, 0.29) is 12.5 Å². The molecule has 0 spiro atoms. The normalized spacial score (nSPS) is 14.0. The summed E-state index contributed by atoms with van der Waals surface area (Å²) in [5.41, 5.74) is 8.56. The molecule has 8 heteroatoms. The van der Waals surface area contributed by atoms with Gasteiger partial charge < -0.3 is 15.8 Å². The van der Waals surface area contributed by atoms with E-state index in [1.165, 1.54) is 28.7 Å². The van der Waals surface area contributed by atoms with Crippen LogP contribution in [0.4, 0.5) is 5.13 Å². The third-order valence-electron chi connectivity index (χ3n) is 3.97. The minimum atomic E-state index is -0.198. The van der Waals surface area contributed by atoms with Crippen molar-refractivity contribution in [1.82, 2.24) is 15.5 Å². The second-order valence-corrected chi connectivity index (χ2v) is 6.88. The first-order valence-electron chi connectivity index (χ1n) is 8.49. The van der Waals surface area contributed by atoms with Crippen molar-refractivity contribution in [1.29, 1.82) is 0 Å². The maximum Gasteiger partial charge on any atom is 0.257 e. The second-order valence-electron chi connectivity index (χ2n) is 5.82. The van der Waals surface area contributed by atoms with Crippen molar-refractivity contribution < 1.29 is 9.53 Å². The predicted molar refractivity (Wildman–Crippen MR) is 106 cm³/mol. The summed E-state index contributed by atoms with van der Waals surface area (Å²) in [7, 11) is 0. The highest BCUT2D eigenvalue weighted by Gasteiger charge is 2.14. The number of rotatable bonds is 7. The van der Waals surface area contributed by atoms with E-state index in [1.807, 2.05) is 18.2 Å². The van der Waals surface area contributed by atoms with Gasteiger partial charge in [-0.1, -0.05) is 36.1 Å². The zero-order chi connectivity index (χ0) is 19.1. The minimum absolute atomic E-state index is 0.198. The third-order valence-corrected chi connectivity index (χ3v) is 4.78. The number of carbonyl (C=O) groups is 1. The summed E-state index contributed by atoms with van der Waals surface area (Å²) < 4.78 is 5.54. The number of nitrogens with zero attached hydrogens (tertiary/aromatic N) is 2. The van der Waals surface area contributed by atoms with E-state index >= 15 is 0 Å². The molecule has 1 aromatic carbocycles. The Bertz CT molecular complexity index is 888. The Morgan fingerprint density at radius 2 is 2.30 bits per heavy atom. The fourth-order valence-electron chi connectivity index (χ4n) is 2.61. The summed E-state index contributed by atoms with van der Waals surface area (Å²) in [6, 6.07) is 5.77. The molecule has 140 valence electrons. The molecule has 4 N–H and O–H groups in total. The van der Waals surface area contributed by atoms with Crippen LogP contribution < -0.4 is 16.4 Å². The van der Waals surface area contributed by atoms with E-state index in [0.29, 0.717) is 21.5 Å². The molecule has 3 rings (SSSR count). The van der Waals surface area contributed by atoms with Crippen molar-refractivity contribution >= 4 is 22.4 Å². The summed E-state index contributed by atoms with van der Waals surface area (Å²) in [6.07, 6.45) is 7.33. The molecular weight excluding hydrogens is 362 g/mol. The van der Waals surface area contributed by atoms with Gasteiger partial charge in [0.1, 0.15) is 12.4 Å². The zero-order valence-electron chi connectivity index (χ0n) is 14.8. The summed E-state index contributed by atoms with van der Waals surface area (Å²) in [5.74, 6) is 0.302. The molecule has 2 heterocycles. The molecule has 0 saturated carbocycles. The highest BCUT2D eigenvalue weighted by Crippen LogP contribution is 2.20. The monoisotopic (exact) mass is 383 g/mol. The van der Waals surface area contributed by atoms with Crippen LogP contribution in [0.1, 0.15) is 26.5 Å². The molecule has 0 bridgehead atoms. The molecule has 1 aliphatic heterocycles. The Hall–Kier alpha value is -2.97. The topological polar surface area (TPSA) is 102 Å². The van der Waals surface area contributed by atoms with Gasteiger partial charge in [0.15, 0.2) is 5.01 Å². The smallest absolute Gasteiger partial charge is 0.257 e. The van der Waals surface area contributed by atoms with Crippen LogP contribution in [0.2, 0.25) is 0 Å². The second kappa shape index (κ2) is 9.11. The van der Waals surface area contributed by atoms with Gasteiger partial charge in [0.2, 0.25) is 5.13 Å². The van der Waals surface area contributed by atoms with E-state index in [0.717, 1.165) is 19.5 Å². The molecule has 1 amide bonds. The number of fused-ring (bicyclic) bond motifs is 1. The number of anilines is 1. The van der Waals surface area contributed by atoms with Crippen LogP contribution >= 0.6 is 11.3 Å². The van der Waals surface area contributed by atoms with Crippen molar-refractivity contribution in [3.63, 3.8) is 0 Å². The van der Waals surface area contributed by atoms with Gasteiger partial charge in [-0.15, -0.1) is 10.2 Å². The fourth-order valence-corrected chi connectivity index (χ4v) is 3.26. The first-order chi connectivity index (χ1) is 13.2. The summed E-state index contributed by atoms with van der Waals surface area (Å²) in [5, 5.41) is 15.2. The first kappa shape index (κ1) is 18.8. The van der Waals surface area contributed by atoms with Gasteiger partial charge in [0.05, 0.1) is 0 Å². The van der Waals surface area contributed by atoms with Crippen molar-refractivity contribution in [2.75, 3.05) is 11.9 Å². The molecule has 0 saturated heterocycles. The van der Waals surface area contributed by atoms with Crippen LogP contribution in [-0.2, 0) is 24.3 Å². The van der Waals surface area contributed by atoms with Gasteiger partial charge in [0, 0.05) is 18.3 Å². The number of hydrogen-bond donors (Lipinski definition) is 3. The Morgan fingerprint density at radius 1 is 1.41 bits per heavy atom. The minimum Gasteiger partial charge on any atom is -0.485 e. The Labute approximate surface area is 161 Å². The Morgan fingerprint density at radius 3 is 3.11 bits per heavy atom. The van der Waals surface area contributed by atoms with E-state index < -0.39 is 0 Å². The van der Waals surface area contributed by atoms with Crippen LogP contribution in [0.5, 0.6) is 0 Å². The summed E-state index contributed by atoms with van der Waals surface area (Å²) >= 11 is 1.26. The SMILES string of the molecule is C=C/C=C\C(=C/N)OCc1nnc(NC(=O)c2ccc3c(c2)CCNC3)s1. The van der Waals surface area contributed by atoms with Crippen molar-refractivity contribution in [2.24, 2.45) is 5.73 Å². The molecule has 1 aromatic heterocycles. The highest BCUT2D eigenvalue weighted by atomic mass is 32.1. The number of hydrogen-bond acceptors (Lipinski definition) is 7. The van der Waals surface area contributed by atoms with Gasteiger partial charge in [-0.3, -0.25) is 10.1 Å². The molecule has 0 radical (unpaired) electrons. The third kappa shape index (κ3) is 5.02. The van der Waals surface area contributed by atoms with Crippen LogP contribution in [-0.4, -0.2) is 22.6 Å². The number of aromatic nitrogens is 2. The summed E-state index contributed by atoms with van der Waals surface area (Å²) in [4.78, 5) is 12.5. The lowest BCUT2D eigenvalue weighted by atomic mass is 9.98. The van der Waals surface area contributed by atoms with Gasteiger partial charge in [-0.2, -0.15) is 0 Å². The van der Waals surface area contributed by atoms with Crippen molar-refractivity contribution in [3.05, 3.63) is 76.7 Å². The number of ether oxygens (including phenoxy) is 1. The van der Waals surface area contributed by atoms with E-state index in [4.69, 9.17) is 10.5 Å². The number of amides is 1. The quantitative estimate of drug-likeness (QED) is 0.501. The molecule has 27 heavy (non-hydrogen) atoms. The molecule has 0 aliphatic carbocycles. The summed E-state index contributed by atoms with van der Waals surface area (Å²) in [6.45, 7) is 5.58. The lowest BCUT2D eigenvalue weighted by molar-refractivity contribution is 0.102. The molecular formula is C19H21N5O2S. The molecule has 0 unspecified atom stereocenters.